The van der Waals surface area contributed by atoms with Crippen LogP contribution >= 0.6 is 0 Å². The molecule has 0 aliphatic rings. The summed E-state index contributed by atoms with van der Waals surface area (Å²) in [6.45, 7) is 3.40. The van der Waals surface area contributed by atoms with Gasteiger partial charge in [0.2, 0.25) is 5.91 Å². The first kappa shape index (κ1) is 24.2. The van der Waals surface area contributed by atoms with Gasteiger partial charge in [0, 0.05) is 19.0 Å². The summed E-state index contributed by atoms with van der Waals surface area (Å²) in [5, 5.41) is 8.32. The monoisotopic (exact) mass is 450 g/mol. The molecule has 0 bridgehead atoms. The number of aromatic nitrogens is 2. The minimum atomic E-state index is -5.08. The van der Waals surface area contributed by atoms with Gasteiger partial charge in [0.05, 0.1) is 23.0 Å². The van der Waals surface area contributed by atoms with Gasteiger partial charge >= 0.3 is 12.4 Å². The molecule has 0 saturated heterocycles. The minimum Gasteiger partial charge on any atom is -0.354 e. The van der Waals surface area contributed by atoms with Crippen molar-refractivity contribution in [2.45, 2.75) is 45.1 Å². The minimum absolute atomic E-state index is 0.0919. The van der Waals surface area contributed by atoms with Crippen LogP contribution in [0.1, 0.15) is 48.3 Å². The van der Waals surface area contributed by atoms with Crippen LogP contribution in [0.25, 0.3) is 5.69 Å². The van der Waals surface area contributed by atoms with Crippen LogP contribution in [0.5, 0.6) is 0 Å². The Morgan fingerprint density at radius 1 is 1.13 bits per heavy atom. The van der Waals surface area contributed by atoms with E-state index in [1.807, 2.05) is 6.92 Å². The molecular weight excluding hydrogens is 430 g/mol. The highest BCUT2D eigenvalue weighted by atomic mass is 19.4. The molecule has 0 radical (unpaired) electrons. The van der Waals surface area contributed by atoms with E-state index < -0.39 is 40.8 Å². The number of hydrogen-bond acceptors (Lipinski definition) is 3. The maximum atomic E-state index is 13.6. The Balaban J connectivity index is 2.26. The topological polar surface area (TPSA) is 76.0 Å². The molecule has 0 aliphatic heterocycles. The molecule has 1 atom stereocenters. The molecule has 2 N–H and O–H groups in total. The van der Waals surface area contributed by atoms with Crippen LogP contribution in [0, 0.1) is 0 Å². The van der Waals surface area contributed by atoms with E-state index in [0.29, 0.717) is 24.8 Å². The molecular formula is C19H20F6N4O2. The van der Waals surface area contributed by atoms with Crippen LogP contribution in [0.2, 0.25) is 0 Å². The Kier molecular flexibility index (Phi) is 7.34. The maximum Gasteiger partial charge on any atom is 0.434 e. The van der Waals surface area contributed by atoms with E-state index in [1.54, 1.807) is 6.92 Å². The Morgan fingerprint density at radius 2 is 1.81 bits per heavy atom. The fourth-order valence-corrected chi connectivity index (χ4v) is 2.63. The highest BCUT2D eigenvalue weighted by molar-refractivity contribution is 5.95. The van der Waals surface area contributed by atoms with Crippen LogP contribution in [0.4, 0.5) is 26.3 Å². The molecule has 6 nitrogen and oxygen atoms in total. The largest absolute Gasteiger partial charge is 0.434 e. The maximum absolute atomic E-state index is 13.6. The number of halogens is 6. The van der Waals surface area contributed by atoms with Gasteiger partial charge in [-0.2, -0.15) is 31.4 Å². The summed E-state index contributed by atoms with van der Waals surface area (Å²) in [7, 11) is 0. The van der Waals surface area contributed by atoms with Crippen molar-refractivity contribution in [1.29, 1.82) is 0 Å². The van der Waals surface area contributed by atoms with Crippen molar-refractivity contribution in [2.75, 3.05) is 6.54 Å². The highest BCUT2D eigenvalue weighted by Crippen LogP contribution is 2.35. The van der Waals surface area contributed by atoms with Crippen molar-refractivity contribution in [2.24, 2.45) is 0 Å². The zero-order valence-electron chi connectivity index (χ0n) is 16.6. The van der Waals surface area contributed by atoms with Gasteiger partial charge in [-0.3, -0.25) is 9.59 Å². The van der Waals surface area contributed by atoms with E-state index in [0.717, 1.165) is 12.1 Å². The van der Waals surface area contributed by atoms with Crippen molar-refractivity contribution in [3.8, 4) is 5.69 Å². The van der Waals surface area contributed by atoms with E-state index >= 15 is 0 Å². The molecule has 1 aromatic carbocycles. The lowest BCUT2D eigenvalue weighted by atomic mass is 10.1. The van der Waals surface area contributed by atoms with Gasteiger partial charge in [-0.15, -0.1) is 0 Å². The molecule has 2 rings (SSSR count). The quantitative estimate of drug-likeness (QED) is 0.628. The highest BCUT2D eigenvalue weighted by Gasteiger charge is 2.41. The summed E-state index contributed by atoms with van der Waals surface area (Å²) >= 11 is 0. The lowest BCUT2D eigenvalue weighted by Crippen LogP contribution is -2.35. The molecule has 170 valence electrons. The van der Waals surface area contributed by atoms with Crippen LogP contribution in [-0.4, -0.2) is 34.2 Å². The summed E-state index contributed by atoms with van der Waals surface area (Å²) in [5.74, 6) is -1.53. The third-order valence-electron chi connectivity index (χ3n) is 4.36. The molecule has 2 amide bonds. The van der Waals surface area contributed by atoms with Crippen molar-refractivity contribution in [3.63, 3.8) is 0 Å². The van der Waals surface area contributed by atoms with Gasteiger partial charge in [0.15, 0.2) is 5.69 Å². The Hall–Kier alpha value is -3.05. The SMILES string of the molecule is CCC(C)NC(=O)CCNC(=O)c1cnn(-c2cccc(C(F)(F)F)c2)c1C(F)(F)F. The second kappa shape index (κ2) is 9.40. The first-order valence-electron chi connectivity index (χ1n) is 9.25. The van der Waals surface area contributed by atoms with Crippen molar-refractivity contribution in [3.05, 3.63) is 47.3 Å². The van der Waals surface area contributed by atoms with Crippen LogP contribution in [0.3, 0.4) is 0 Å². The number of nitrogens with zero attached hydrogens (tertiary/aromatic N) is 2. The number of alkyl halides is 6. The molecule has 1 unspecified atom stereocenters. The van der Waals surface area contributed by atoms with Crippen LogP contribution < -0.4 is 10.6 Å². The average molecular weight is 450 g/mol. The lowest BCUT2D eigenvalue weighted by Gasteiger charge is -2.14. The van der Waals surface area contributed by atoms with Gasteiger partial charge < -0.3 is 10.6 Å². The number of carbonyl (C=O) groups excluding carboxylic acids is 2. The molecule has 0 fully saturated rings. The standard InChI is InChI=1S/C19H20F6N4O2/c1-3-11(2)28-15(30)7-8-26-17(31)14-10-27-29(16(14)19(23,24)25)13-6-4-5-12(9-13)18(20,21)22/h4-6,9-11H,3,7-8H2,1-2H3,(H,26,31)(H,28,30). The lowest BCUT2D eigenvalue weighted by molar-refractivity contribution is -0.143. The predicted octanol–water partition coefficient (Wildman–Crippen LogP) is 3.94. The summed E-state index contributed by atoms with van der Waals surface area (Å²) < 4.78 is 79.8. The molecule has 1 heterocycles. The van der Waals surface area contributed by atoms with E-state index in [4.69, 9.17) is 0 Å². The molecule has 2 aromatic rings. The van der Waals surface area contributed by atoms with Crippen molar-refractivity contribution < 1.29 is 35.9 Å². The van der Waals surface area contributed by atoms with Crippen LogP contribution in [-0.2, 0) is 17.1 Å². The third-order valence-corrected chi connectivity index (χ3v) is 4.36. The van der Waals surface area contributed by atoms with E-state index in [2.05, 4.69) is 15.7 Å². The van der Waals surface area contributed by atoms with Gasteiger partial charge in [-0.25, -0.2) is 4.68 Å². The Bertz CT molecular complexity index is 936. The zero-order valence-corrected chi connectivity index (χ0v) is 16.6. The number of nitrogens with one attached hydrogen (secondary N) is 2. The molecule has 0 aliphatic carbocycles. The summed E-state index contributed by atoms with van der Waals surface area (Å²) in [6.07, 6.45) is -8.69. The molecule has 0 spiro atoms. The van der Waals surface area contributed by atoms with E-state index in [9.17, 15) is 35.9 Å². The number of carbonyl (C=O) groups is 2. The van der Waals surface area contributed by atoms with Gasteiger partial charge in [-0.1, -0.05) is 13.0 Å². The number of rotatable bonds is 7. The second-order valence-corrected chi connectivity index (χ2v) is 6.75. The number of hydrogen-bond donors (Lipinski definition) is 2. The first-order valence-corrected chi connectivity index (χ1v) is 9.25. The smallest absolute Gasteiger partial charge is 0.354 e. The number of benzene rings is 1. The fraction of sp³-hybridized carbons (Fsp3) is 0.421. The summed E-state index contributed by atoms with van der Waals surface area (Å²) in [6, 6.07) is 3.07. The van der Waals surface area contributed by atoms with Gasteiger partial charge in [-0.05, 0) is 31.5 Å². The zero-order chi connectivity index (χ0) is 23.4. The molecule has 1 aromatic heterocycles. The Morgan fingerprint density at radius 3 is 2.39 bits per heavy atom. The molecule has 31 heavy (non-hydrogen) atoms. The third kappa shape index (κ3) is 6.22. The first-order chi connectivity index (χ1) is 14.3. The van der Waals surface area contributed by atoms with Gasteiger partial charge in [0.1, 0.15) is 0 Å². The summed E-state index contributed by atoms with van der Waals surface area (Å²) in [4.78, 5) is 24.0. The van der Waals surface area contributed by atoms with Crippen LogP contribution in [0.15, 0.2) is 30.5 Å². The predicted molar refractivity (Wildman–Crippen MR) is 98.4 cm³/mol. The molecule has 0 saturated carbocycles. The second-order valence-electron chi connectivity index (χ2n) is 6.75. The Labute approximate surface area is 173 Å². The average Bonchev–Trinajstić information content (AvgIpc) is 3.13. The van der Waals surface area contributed by atoms with E-state index in [-0.39, 0.29) is 29.6 Å². The molecule has 12 heteroatoms. The van der Waals surface area contributed by atoms with Crippen molar-refractivity contribution in [1.82, 2.24) is 20.4 Å². The van der Waals surface area contributed by atoms with Crippen molar-refractivity contribution >= 4 is 11.8 Å². The fourth-order valence-electron chi connectivity index (χ4n) is 2.63. The van der Waals surface area contributed by atoms with Gasteiger partial charge in [0.25, 0.3) is 5.91 Å². The number of amides is 2. The normalized spacial score (nSPS) is 13.0. The summed E-state index contributed by atoms with van der Waals surface area (Å²) in [5.41, 5.74) is -4.05. The van der Waals surface area contributed by atoms with E-state index in [1.165, 1.54) is 0 Å².